The number of carbonyl (C=O) groups is 1. The summed E-state index contributed by atoms with van der Waals surface area (Å²) >= 11 is 0. The monoisotopic (exact) mass is 401 g/mol. The number of amides is 1. The molecule has 1 aliphatic carbocycles. The van der Waals surface area contributed by atoms with Crippen LogP contribution < -0.4 is 10.9 Å². The Kier molecular flexibility index (Phi) is 6.07. The van der Waals surface area contributed by atoms with Crippen molar-refractivity contribution in [3.63, 3.8) is 0 Å². The zero-order valence-corrected chi connectivity index (χ0v) is 17.4. The molecule has 1 amide bonds. The zero-order chi connectivity index (χ0) is 20.9. The predicted molar refractivity (Wildman–Crippen MR) is 120 cm³/mol. The quantitative estimate of drug-likeness (QED) is 0.624. The Morgan fingerprint density at radius 2 is 2.00 bits per heavy atom. The minimum Gasteiger partial charge on any atom is -0.352 e. The van der Waals surface area contributed by atoms with E-state index in [1.165, 1.54) is 18.4 Å². The van der Waals surface area contributed by atoms with Gasteiger partial charge in [0, 0.05) is 12.7 Å². The highest BCUT2D eigenvalue weighted by molar-refractivity contribution is 5.98. The fraction of sp³-hybridized carbons (Fsp3) is 0.320. The number of fused-ring (bicyclic) bond motifs is 1. The summed E-state index contributed by atoms with van der Waals surface area (Å²) in [5.74, 6) is -0.170. The van der Waals surface area contributed by atoms with Crippen LogP contribution in [0.2, 0.25) is 0 Å². The zero-order valence-electron chi connectivity index (χ0n) is 17.4. The molecule has 2 heterocycles. The van der Waals surface area contributed by atoms with E-state index in [-0.39, 0.29) is 11.5 Å². The average molecular weight is 402 g/mol. The van der Waals surface area contributed by atoms with Crippen molar-refractivity contribution in [2.24, 2.45) is 0 Å². The lowest BCUT2D eigenvalue weighted by molar-refractivity contribution is 0.0953. The lowest BCUT2D eigenvalue weighted by Crippen LogP contribution is -2.27. The summed E-state index contributed by atoms with van der Waals surface area (Å²) < 4.78 is 1.66. The van der Waals surface area contributed by atoms with Crippen LogP contribution in [0.25, 0.3) is 10.9 Å². The molecule has 2 aromatic heterocycles. The van der Waals surface area contributed by atoms with Crippen LogP contribution in [-0.2, 0) is 6.54 Å². The van der Waals surface area contributed by atoms with Crippen molar-refractivity contribution in [2.45, 2.75) is 45.6 Å². The van der Waals surface area contributed by atoms with E-state index in [1.807, 2.05) is 43.3 Å². The number of benzene rings is 1. The van der Waals surface area contributed by atoms with Gasteiger partial charge in [0.2, 0.25) is 0 Å². The van der Waals surface area contributed by atoms with Gasteiger partial charge in [-0.05, 0) is 56.7 Å². The van der Waals surface area contributed by atoms with E-state index >= 15 is 0 Å². The molecule has 30 heavy (non-hydrogen) atoms. The van der Waals surface area contributed by atoms with Crippen LogP contribution >= 0.6 is 0 Å². The van der Waals surface area contributed by atoms with E-state index < -0.39 is 0 Å². The van der Waals surface area contributed by atoms with Gasteiger partial charge in [-0.15, -0.1) is 0 Å². The lowest BCUT2D eigenvalue weighted by atomic mass is 9.97. The fourth-order valence-corrected chi connectivity index (χ4v) is 4.00. The molecular weight excluding hydrogens is 374 g/mol. The fourth-order valence-electron chi connectivity index (χ4n) is 4.00. The molecule has 0 saturated carbocycles. The van der Waals surface area contributed by atoms with Crippen LogP contribution in [0.15, 0.2) is 65.1 Å². The number of pyridine rings is 2. The highest BCUT2D eigenvalue weighted by Gasteiger charge is 2.14. The number of rotatable bonds is 6. The number of hydrogen-bond acceptors (Lipinski definition) is 3. The summed E-state index contributed by atoms with van der Waals surface area (Å²) in [5, 5.41) is 3.47. The molecule has 1 aromatic carbocycles. The van der Waals surface area contributed by atoms with Crippen LogP contribution in [0, 0.1) is 6.92 Å². The first-order valence-corrected chi connectivity index (χ1v) is 10.6. The van der Waals surface area contributed by atoms with Gasteiger partial charge in [-0.1, -0.05) is 42.0 Å². The molecule has 0 spiro atoms. The number of aromatic nitrogens is 2. The molecule has 0 fully saturated rings. The van der Waals surface area contributed by atoms with Crippen molar-refractivity contribution in [3.05, 3.63) is 87.5 Å². The van der Waals surface area contributed by atoms with Gasteiger partial charge >= 0.3 is 0 Å². The van der Waals surface area contributed by atoms with Crippen LogP contribution in [0.3, 0.4) is 0 Å². The Morgan fingerprint density at radius 3 is 2.77 bits per heavy atom. The molecule has 0 bridgehead atoms. The molecule has 0 saturated heterocycles. The molecule has 154 valence electrons. The van der Waals surface area contributed by atoms with Gasteiger partial charge in [0.05, 0.1) is 28.7 Å². The molecule has 0 aliphatic heterocycles. The van der Waals surface area contributed by atoms with Crippen LogP contribution in [-0.4, -0.2) is 22.0 Å². The van der Waals surface area contributed by atoms with Gasteiger partial charge in [0.15, 0.2) is 0 Å². The highest BCUT2D eigenvalue weighted by atomic mass is 16.1. The largest absolute Gasteiger partial charge is 0.352 e. The number of aryl methyl sites for hydroxylation is 1. The molecule has 0 radical (unpaired) electrons. The summed E-state index contributed by atoms with van der Waals surface area (Å²) in [7, 11) is 0. The van der Waals surface area contributed by atoms with E-state index in [9.17, 15) is 9.59 Å². The van der Waals surface area contributed by atoms with Gasteiger partial charge in [-0.2, -0.15) is 0 Å². The molecular formula is C25H27N3O2. The van der Waals surface area contributed by atoms with Gasteiger partial charge in [-0.25, -0.2) is 0 Å². The number of nitrogens with one attached hydrogen (secondary N) is 1. The average Bonchev–Trinajstić information content (AvgIpc) is 2.77. The number of allylic oxidation sites excluding steroid dienone is 1. The first-order valence-electron chi connectivity index (χ1n) is 10.6. The summed E-state index contributed by atoms with van der Waals surface area (Å²) in [4.78, 5) is 30.3. The summed E-state index contributed by atoms with van der Waals surface area (Å²) in [5.41, 5.74) is 4.07. The Labute approximate surface area is 176 Å². The molecule has 5 heteroatoms. The third-order valence-corrected chi connectivity index (χ3v) is 5.70. The maximum absolute atomic E-state index is 13.0. The Hall–Kier alpha value is -3.21. The Bertz CT molecular complexity index is 1150. The second kappa shape index (κ2) is 9.08. The molecule has 1 N–H and O–H groups in total. The van der Waals surface area contributed by atoms with Gasteiger partial charge in [-0.3, -0.25) is 14.6 Å². The smallest absolute Gasteiger partial charge is 0.260 e. The Balaban J connectivity index is 1.55. The molecule has 5 nitrogen and oxygen atoms in total. The molecule has 0 unspecified atom stereocenters. The third kappa shape index (κ3) is 4.51. The van der Waals surface area contributed by atoms with E-state index in [0.29, 0.717) is 35.2 Å². The molecule has 0 atom stereocenters. The molecule has 1 aliphatic rings. The van der Waals surface area contributed by atoms with E-state index in [1.54, 1.807) is 16.8 Å². The normalized spacial score (nSPS) is 13.8. The lowest BCUT2D eigenvalue weighted by Gasteiger charge is -2.14. The second-order valence-electron chi connectivity index (χ2n) is 7.90. The van der Waals surface area contributed by atoms with E-state index in [4.69, 9.17) is 0 Å². The summed E-state index contributed by atoms with van der Waals surface area (Å²) in [6.45, 7) is 2.91. The standard InChI is InChI=1S/C25H27N3O2/c1-18-21(24(29)26-14-12-19-8-4-2-5-9-19)16-22-23(27-18)13-15-28(25(22)30)17-20-10-6-3-7-11-20/h3,6-8,10-11,13,15-16H,2,4-5,9,12,14,17H2,1H3,(H,26,29). The first-order chi connectivity index (χ1) is 14.6. The number of hydrogen-bond donors (Lipinski definition) is 1. The maximum atomic E-state index is 13.0. The van der Waals surface area contributed by atoms with Crippen LogP contribution in [0.5, 0.6) is 0 Å². The third-order valence-electron chi connectivity index (χ3n) is 5.70. The van der Waals surface area contributed by atoms with Gasteiger partial charge < -0.3 is 9.88 Å². The van der Waals surface area contributed by atoms with Crippen molar-refractivity contribution in [3.8, 4) is 0 Å². The summed E-state index contributed by atoms with van der Waals surface area (Å²) in [6, 6.07) is 13.4. The maximum Gasteiger partial charge on any atom is 0.260 e. The molecule has 4 rings (SSSR count). The van der Waals surface area contributed by atoms with Crippen molar-refractivity contribution in [1.29, 1.82) is 0 Å². The highest BCUT2D eigenvalue weighted by Crippen LogP contribution is 2.19. The molecule has 3 aromatic rings. The minimum atomic E-state index is -0.170. The van der Waals surface area contributed by atoms with Crippen LogP contribution in [0.1, 0.15) is 53.7 Å². The van der Waals surface area contributed by atoms with Gasteiger partial charge in [0.1, 0.15) is 0 Å². The number of nitrogens with zero attached hydrogens (tertiary/aromatic N) is 2. The van der Waals surface area contributed by atoms with Crippen molar-refractivity contribution < 1.29 is 4.79 Å². The van der Waals surface area contributed by atoms with Crippen molar-refractivity contribution >= 4 is 16.8 Å². The van der Waals surface area contributed by atoms with Gasteiger partial charge in [0.25, 0.3) is 11.5 Å². The second-order valence-corrected chi connectivity index (χ2v) is 7.90. The van der Waals surface area contributed by atoms with E-state index in [2.05, 4.69) is 16.4 Å². The van der Waals surface area contributed by atoms with Crippen molar-refractivity contribution in [1.82, 2.24) is 14.9 Å². The Morgan fingerprint density at radius 1 is 1.17 bits per heavy atom. The first kappa shape index (κ1) is 20.1. The summed E-state index contributed by atoms with van der Waals surface area (Å²) in [6.07, 6.45) is 9.73. The SMILES string of the molecule is Cc1nc2ccn(Cc3ccccc3)c(=O)c2cc1C(=O)NCCC1=CCCCC1. The van der Waals surface area contributed by atoms with Crippen molar-refractivity contribution in [2.75, 3.05) is 6.54 Å². The number of carbonyl (C=O) groups excluding carboxylic acids is 1. The minimum absolute atomic E-state index is 0.134. The predicted octanol–water partition coefficient (Wildman–Crippen LogP) is 4.37. The van der Waals surface area contributed by atoms with E-state index in [0.717, 1.165) is 24.8 Å². The topological polar surface area (TPSA) is 64.0 Å². The van der Waals surface area contributed by atoms with Crippen LogP contribution in [0.4, 0.5) is 0 Å².